The molecule has 22 heavy (non-hydrogen) atoms. The van der Waals surface area contributed by atoms with Gasteiger partial charge in [-0.2, -0.15) is 0 Å². The first-order chi connectivity index (χ1) is 10.5. The van der Waals surface area contributed by atoms with E-state index in [0.717, 1.165) is 11.4 Å². The zero-order valence-electron chi connectivity index (χ0n) is 14.4. The Labute approximate surface area is 135 Å². The van der Waals surface area contributed by atoms with E-state index in [9.17, 15) is 0 Å². The summed E-state index contributed by atoms with van der Waals surface area (Å²) in [6.45, 7) is 11.0. The van der Waals surface area contributed by atoms with E-state index in [0.29, 0.717) is 11.8 Å². The molecule has 0 saturated carbocycles. The maximum absolute atomic E-state index is 3.48. The van der Waals surface area contributed by atoms with E-state index in [1.165, 1.54) is 11.1 Å². The Morgan fingerprint density at radius 2 is 0.864 bits per heavy atom. The van der Waals surface area contributed by atoms with Crippen molar-refractivity contribution >= 4 is 11.4 Å². The van der Waals surface area contributed by atoms with Crippen molar-refractivity contribution in [3.05, 3.63) is 59.7 Å². The highest BCUT2D eigenvalue weighted by atomic mass is 15.1. The van der Waals surface area contributed by atoms with Gasteiger partial charge in [0.15, 0.2) is 0 Å². The lowest BCUT2D eigenvalue weighted by Crippen LogP contribution is -2.24. The van der Waals surface area contributed by atoms with Crippen LogP contribution in [-0.4, -0.2) is 6.17 Å². The van der Waals surface area contributed by atoms with Gasteiger partial charge in [0.25, 0.3) is 0 Å². The molecule has 0 radical (unpaired) electrons. The van der Waals surface area contributed by atoms with E-state index in [-0.39, 0.29) is 6.17 Å². The van der Waals surface area contributed by atoms with E-state index in [1.54, 1.807) is 0 Å². The summed E-state index contributed by atoms with van der Waals surface area (Å²) in [5.74, 6) is 1.15. The van der Waals surface area contributed by atoms with Crippen LogP contribution in [0.1, 0.15) is 57.6 Å². The van der Waals surface area contributed by atoms with Gasteiger partial charge in [-0.1, -0.05) is 52.0 Å². The summed E-state index contributed by atoms with van der Waals surface area (Å²) in [4.78, 5) is 0. The Bertz CT molecular complexity index is 514. The van der Waals surface area contributed by atoms with Crippen molar-refractivity contribution in [2.24, 2.45) is 0 Å². The predicted molar refractivity (Wildman–Crippen MR) is 97.8 cm³/mol. The monoisotopic (exact) mass is 296 g/mol. The molecular formula is C20H28N2. The molecular weight excluding hydrogens is 268 g/mol. The molecule has 0 bridgehead atoms. The number of hydrogen-bond donors (Lipinski definition) is 2. The second kappa shape index (κ2) is 7.35. The molecule has 0 saturated heterocycles. The summed E-state index contributed by atoms with van der Waals surface area (Å²) in [6.07, 6.45) is 0.176. The fourth-order valence-electron chi connectivity index (χ4n) is 2.46. The quantitative estimate of drug-likeness (QED) is 0.658. The Hall–Kier alpha value is -1.96. The van der Waals surface area contributed by atoms with Gasteiger partial charge in [0.05, 0.1) is 6.17 Å². The maximum Gasteiger partial charge on any atom is 0.0934 e. The molecule has 2 aromatic rings. The van der Waals surface area contributed by atoms with Gasteiger partial charge >= 0.3 is 0 Å². The van der Waals surface area contributed by atoms with Gasteiger partial charge in [0.1, 0.15) is 0 Å². The first-order valence-electron chi connectivity index (χ1n) is 8.18. The van der Waals surface area contributed by atoms with Gasteiger partial charge in [0.2, 0.25) is 0 Å². The van der Waals surface area contributed by atoms with E-state index in [4.69, 9.17) is 0 Å². The Morgan fingerprint density at radius 1 is 0.545 bits per heavy atom. The van der Waals surface area contributed by atoms with Gasteiger partial charge in [-0.3, -0.25) is 0 Å². The summed E-state index contributed by atoms with van der Waals surface area (Å²) in [7, 11) is 0. The number of rotatable bonds is 6. The smallest absolute Gasteiger partial charge is 0.0934 e. The average Bonchev–Trinajstić information content (AvgIpc) is 2.48. The first kappa shape index (κ1) is 16.4. The molecule has 2 heteroatoms. The minimum atomic E-state index is 0.176. The van der Waals surface area contributed by atoms with Crippen molar-refractivity contribution in [3.63, 3.8) is 0 Å². The lowest BCUT2D eigenvalue weighted by Gasteiger charge is -2.19. The topological polar surface area (TPSA) is 24.1 Å². The van der Waals surface area contributed by atoms with Crippen molar-refractivity contribution < 1.29 is 0 Å². The van der Waals surface area contributed by atoms with Crippen LogP contribution < -0.4 is 10.6 Å². The molecule has 2 N–H and O–H groups in total. The molecule has 0 heterocycles. The zero-order chi connectivity index (χ0) is 16.1. The molecule has 2 rings (SSSR count). The lowest BCUT2D eigenvalue weighted by molar-refractivity contribution is 0.863. The number of nitrogens with one attached hydrogen (secondary N) is 2. The minimum absolute atomic E-state index is 0.176. The van der Waals surface area contributed by atoms with Gasteiger partial charge in [-0.05, 0) is 54.2 Å². The van der Waals surface area contributed by atoms with E-state index < -0.39 is 0 Å². The molecule has 2 aromatic carbocycles. The van der Waals surface area contributed by atoms with E-state index >= 15 is 0 Å². The molecule has 0 atom stereocenters. The third kappa shape index (κ3) is 4.52. The predicted octanol–water partition coefficient (Wildman–Crippen LogP) is 5.80. The normalized spacial score (nSPS) is 11.3. The third-order valence-electron chi connectivity index (χ3n) is 3.92. The second-order valence-electron chi connectivity index (χ2n) is 6.56. The second-order valence-corrected chi connectivity index (χ2v) is 6.56. The van der Waals surface area contributed by atoms with E-state index in [1.807, 2.05) is 0 Å². The molecule has 0 spiro atoms. The van der Waals surface area contributed by atoms with Crippen LogP contribution >= 0.6 is 0 Å². The molecule has 0 unspecified atom stereocenters. The van der Waals surface area contributed by atoms with E-state index in [2.05, 4.69) is 93.8 Å². The number of anilines is 2. The van der Waals surface area contributed by atoms with Gasteiger partial charge in [-0.15, -0.1) is 0 Å². The highest BCUT2D eigenvalue weighted by Crippen LogP contribution is 2.19. The third-order valence-corrected chi connectivity index (χ3v) is 3.92. The Morgan fingerprint density at radius 3 is 1.14 bits per heavy atom. The van der Waals surface area contributed by atoms with Crippen molar-refractivity contribution in [2.75, 3.05) is 10.6 Å². The van der Waals surface area contributed by atoms with Gasteiger partial charge < -0.3 is 10.6 Å². The molecule has 0 aliphatic carbocycles. The highest BCUT2D eigenvalue weighted by molar-refractivity contribution is 5.50. The maximum atomic E-state index is 3.48. The number of benzene rings is 2. The summed E-state index contributed by atoms with van der Waals surface area (Å²) in [5, 5.41) is 6.97. The van der Waals surface area contributed by atoms with Crippen LogP contribution in [0.5, 0.6) is 0 Å². The largest absolute Gasteiger partial charge is 0.366 e. The first-order valence-corrected chi connectivity index (χ1v) is 8.18. The molecule has 0 aliphatic rings. The van der Waals surface area contributed by atoms with Crippen molar-refractivity contribution in [3.8, 4) is 0 Å². The highest BCUT2D eigenvalue weighted by Gasteiger charge is 2.04. The van der Waals surface area contributed by atoms with Gasteiger partial charge in [-0.25, -0.2) is 0 Å². The van der Waals surface area contributed by atoms with Crippen LogP contribution in [0, 0.1) is 0 Å². The molecule has 0 fully saturated rings. The minimum Gasteiger partial charge on any atom is -0.366 e. The molecule has 118 valence electrons. The van der Waals surface area contributed by atoms with Gasteiger partial charge in [0, 0.05) is 11.4 Å². The summed E-state index contributed by atoms with van der Waals surface area (Å²) in [6, 6.07) is 17.4. The van der Waals surface area contributed by atoms with Crippen LogP contribution in [0.15, 0.2) is 48.5 Å². The molecule has 2 nitrogen and oxygen atoms in total. The lowest BCUT2D eigenvalue weighted by atomic mass is 10.0. The van der Waals surface area contributed by atoms with Crippen molar-refractivity contribution in [2.45, 2.75) is 52.6 Å². The fraction of sp³-hybridized carbons (Fsp3) is 0.400. The molecule has 0 aromatic heterocycles. The summed E-state index contributed by atoms with van der Waals surface area (Å²) >= 11 is 0. The Kier molecular flexibility index (Phi) is 5.48. The summed E-state index contributed by atoms with van der Waals surface area (Å²) < 4.78 is 0. The molecule has 0 amide bonds. The SMILES string of the molecule is CC(Nc1ccc(C(C)C)cc1)Nc1ccc(C(C)C)cc1. The van der Waals surface area contributed by atoms with Crippen LogP contribution in [0.25, 0.3) is 0 Å². The Balaban J connectivity index is 1.93. The van der Waals surface area contributed by atoms with Crippen LogP contribution in [-0.2, 0) is 0 Å². The average molecular weight is 296 g/mol. The van der Waals surface area contributed by atoms with Crippen molar-refractivity contribution in [1.29, 1.82) is 0 Å². The van der Waals surface area contributed by atoms with Crippen LogP contribution in [0.3, 0.4) is 0 Å². The standard InChI is InChI=1S/C20H28N2/c1-14(2)17-6-10-19(11-7-17)21-16(5)22-20-12-8-18(9-13-20)15(3)4/h6-16,21-22H,1-5H3. The van der Waals surface area contributed by atoms with Crippen LogP contribution in [0.2, 0.25) is 0 Å². The summed E-state index contributed by atoms with van der Waals surface area (Å²) in [5.41, 5.74) is 5.03. The fourth-order valence-corrected chi connectivity index (χ4v) is 2.46. The zero-order valence-corrected chi connectivity index (χ0v) is 14.4. The van der Waals surface area contributed by atoms with Crippen LogP contribution in [0.4, 0.5) is 11.4 Å². The number of hydrogen-bond acceptors (Lipinski definition) is 2. The van der Waals surface area contributed by atoms with Crippen molar-refractivity contribution in [1.82, 2.24) is 0 Å². The molecule has 0 aliphatic heterocycles.